The van der Waals surface area contributed by atoms with Crippen LogP contribution >= 0.6 is 25.3 Å². The second-order valence-electron chi connectivity index (χ2n) is 33.9. The predicted octanol–water partition coefficient (Wildman–Crippen LogP) is -13.3. The van der Waals surface area contributed by atoms with Crippen LogP contribution in [0.2, 0.25) is 0 Å². The van der Waals surface area contributed by atoms with Crippen LogP contribution in [0.5, 0.6) is 0 Å². The SMILES string of the molecule is CC[C@H](C)[C@H](NC(=O)[C@H](CCC(N)=O)NC(=O)[C@H](CS)NC(=O)[C@H](CCCCN)NC(=O)[C@H](CC(N)=O)NC(=O)[C@H](CO)NC(=O)[C@H](CS)NC(=O)[C@H](CC(C)C)NC(=O)[C@H](CCCCN)NC(=O)[C@H](CCCCN)NC(=O)[C@H](CCC(N)=O)NC(=O)[C@H](CC(=O)O)NC(=O)[C@@H](N)CC(N)=O)C(=O)N[C@H](C(=O)N[C@@H](CCCNC(=N)N)C(=O)N[C@@H](CCC(N)=O)C(=O)N[C@@H](CCC(N)=O)C(=O)O)C(C)C. The monoisotopic (exact) mass is 2030 g/mol. The smallest absolute Gasteiger partial charge is 0.326 e. The first-order valence-electron chi connectivity index (χ1n) is 45.4. The molecule has 792 valence electrons. The molecular weight excluding hydrogens is 1890 g/mol. The summed E-state index contributed by atoms with van der Waals surface area (Å²) in [7, 11) is 0. The van der Waals surface area contributed by atoms with E-state index < -0.39 is 357 Å². The Kier molecular flexibility index (Phi) is 61.9. The van der Waals surface area contributed by atoms with Crippen molar-refractivity contribution in [3.63, 3.8) is 0 Å². The molecule has 0 aromatic rings. The molecule has 0 fully saturated rings. The van der Waals surface area contributed by atoms with Gasteiger partial charge in [0.25, 0.3) is 0 Å². The van der Waals surface area contributed by atoms with Gasteiger partial charge in [0, 0.05) is 43.7 Å². The van der Waals surface area contributed by atoms with E-state index >= 15 is 0 Å². The summed E-state index contributed by atoms with van der Waals surface area (Å²) in [5.41, 5.74) is 60.5. The van der Waals surface area contributed by atoms with Crippen molar-refractivity contribution in [2.45, 2.75) is 298 Å². The first-order valence-corrected chi connectivity index (χ1v) is 46.7. The number of thiol groups is 2. The summed E-state index contributed by atoms with van der Waals surface area (Å²) in [4.78, 5) is 322. The first-order chi connectivity index (χ1) is 65.6. The van der Waals surface area contributed by atoms with Crippen LogP contribution in [0.15, 0.2) is 0 Å². The van der Waals surface area contributed by atoms with E-state index in [1.54, 1.807) is 20.8 Å². The molecule has 43 N–H and O–H groups in total. The molecule has 56 nitrogen and oxygen atoms in total. The molecule has 0 aliphatic heterocycles. The van der Waals surface area contributed by atoms with Gasteiger partial charge < -0.3 is 169 Å². The lowest BCUT2D eigenvalue weighted by atomic mass is 9.95. The quantitative estimate of drug-likeness (QED) is 0.0116. The molecule has 0 rings (SSSR count). The van der Waals surface area contributed by atoms with E-state index in [0.29, 0.717) is 6.42 Å². The van der Waals surface area contributed by atoms with Crippen LogP contribution in [0.4, 0.5) is 0 Å². The molecule has 0 aliphatic rings. The number of hydrogen-bond acceptors (Lipinski definition) is 32. The summed E-state index contributed by atoms with van der Waals surface area (Å²) in [6.45, 7) is 8.43. The molecule has 0 radical (unpaired) electrons. The van der Waals surface area contributed by atoms with E-state index in [1.165, 1.54) is 20.8 Å². The van der Waals surface area contributed by atoms with Gasteiger partial charge in [-0.05, 0) is 140 Å². The van der Waals surface area contributed by atoms with Crippen molar-refractivity contribution in [2.24, 2.45) is 80.8 Å². The van der Waals surface area contributed by atoms with Crippen molar-refractivity contribution in [3.8, 4) is 0 Å². The number of carbonyl (C=O) groups excluding carboxylic acids is 22. The Labute approximate surface area is 819 Å². The minimum absolute atomic E-state index is 0.000522. The van der Waals surface area contributed by atoms with Crippen molar-refractivity contribution in [1.82, 2.24) is 90.4 Å². The van der Waals surface area contributed by atoms with Crippen LogP contribution in [0, 0.1) is 23.2 Å². The van der Waals surface area contributed by atoms with E-state index in [-0.39, 0.29) is 103 Å². The van der Waals surface area contributed by atoms with Gasteiger partial charge in [0.1, 0.15) is 96.7 Å². The van der Waals surface area contributed by atoms with Gasteiger partial charge in [-0.1, -0.05) is 48.0 Å². The number of amides is 22. The van der Waals surface area contributed by atoms with Gasteiger partial charge in [0.15, 0.2) is 5.96 Å². The van der Waals surface area contributed by atoms with Gasteiger partial charge in [-0.2, -0.15) is 25.3 Å². The molecular formula is C82H145N29O27S2. The van der Waals surface area contributed by atoms with Gasteiger partial charge in [0.2, 0.25) is 130 Å². The van der Waals surface area contributed by atoms with Gasteiger partial charge in [-0.25, -0.2) is 4.79 Å². The fourth-order valence-corrected chi connectivity index (χ4v) is 13.7. The summed E-state index contributed by atoms with van der Waals surface area (Å²) in [6, 6.07) is -29.0. The van der Waals surface area contributed by atoms with Crippen molar-refractivity contribution in [3.05, 3.63) is 0 Å². The van der Waals surface area contributed by atoms with E-state index in [0.717, 1.165) is 0 Å². The summed E-state index contributed by atoms with van der Waals surface area (Å²) in [5, 5.41) is 78.1. The molecule has 0 aromatic heterocycles. The predicted molar refractivity (Wildman–Crippen MR) is 506 cm³/mol. The lowest BCUT2D eigenvalue weighted by Crippen LogP contribution is -2.62. The maximum absolute atomic E-state index is 14.6. The van der Waals surface area contributed by atoms with Crippen LogP contribution in [-0.2, 0) is 115 Å². The lowest BCUT2D eigenvalue weighted by molar-refractivity contribution is -0.143. The fourth-order valence-electron chi connectivity index (χ4n) is 13.2. The van der Waals surface area contributed by atoms with Crippen LogP contribution < -0.4 is 153 Å². The highest BCUT2D eigenvalue weighted by Gasteiger charge is 2.41. The maximum Gasteiger partial charge on any atom is 0.326 e. The Bertz CT molecular complexity index is 4240. The molecule has 0 bridgehead atoms. The second-order valence-corrected chi connectivity index (χ2v) is 34.6. The highest BCUT2D eigenvalue weighted by atomic mass is 32.1. The average Bonchev–Trinajstić information content (AvgIpc) is 0.843. The van der Waals surface area contributed by atoms with E-state index in [1.807, 2.05) is 0 Å². The van der Waals surface area contributed by atoms with E-state index in [2.05, 4.69) is 116 Å². The molecule has 0 heterocycles. The molecule has 140 heavy (non-hydrogen) atoms. The third kappa shape index (κ3) is 51.6. The van der Waals surface area contributed by atoms with Crippen molar-refractivity contribution in [1.29, 1.82) is 5.41 Å². The number of guanidine groups is 1. The van der Waals surface area contributed by atoms with E-state index in [9.17, 15) is 130 Å². The Morgan fingerprint density at radius 1 is 0.307 bits per heavy atom. The minimum atomic E-state index is -2.03. The number of carboxylic acid groups (broad SMARTS) is 2. The molecule has 0 saturated heterocycles. The van der Waals surface area contributed by atoms with Gasteiger partial charge in [-0.15, -0.1) is 0 Å². The second kappa shape index (κ2) is 68.2. The summed E-state index contributed by atoms with van der Waals surface area (Å²) < 4.78 is 0. The van der Waals surface area contributed by atoms with Crippen LogP contribution in [0.25, 0.3) is 0 Å². The number of carboxylic acids is 2. The molecule has 58 heteroatoms. The first kappa shape index (κ1) is 127. The molecule has 18 atom stereocenters. The van der Waals surface area contributed by atoms with E-state index in [4.69, 9.17) is 68.5 Å². The lowest BCUT2D eigenvalue weighted by Gasteiger charge is -2.31. The Morgan fingerprint density at radius 3 is 0.900 bits per heavy atom. The topological polar surface area (TPSA) is 985 Å². The third-order valence-electron chi connectivity index (χ3n) is 21.2. The highest BCUT2D eigenvalue weighted by Crippen LogP contribution is 2.17. The van der Waals surface area contributed by atoms with Crippen LogP contribution in [-0.4, -0.2) is 310 Å². The van der Waals surface area contributed by atoms with Gasteiger partial charge in [-0.3, -0.25) is 116 Å². The zero-order chi connectivity index (χ0) is 107. The summed E-state index contributed by atoms with van der Waals surface area (Å²) in [6.07, 6.45) is -6.68. The number of unbranched alkanes of at least 4 members (excludes halogenated alkanes) is 3. The third-order valence-corrected chi connectivity index (χ3v) is 22.0. The maximum atomic E-state index is 14.6. The molecule has 0 spiro atoms. The Balaban J connectivity index is 7.20. The van der Waals surface area contributed by atoms with Crippen molar-refractivity contribution >= 4 is 173 Å². The highest BCUT2D eigenvalue weighted by molar-refractivity contribution is 7.80. The number of hydrogen-bond donors (Lipinski definition) is 34. The molecule has 0 saturated carbocycles. The zero-order valence-corrected chi connectivity index (χ0v) is 81.1. The molecule has 0 aliphatic carbocycles. The molecule has 22 amide bonds. The number of primary amides is 6. The number of carbonyl (C=O) groups is 24. The Hall–Kier alpha value is -12.9. The number of aliphatic hydroxyl groups is 1. The minimum Gasteiger partial charge on any atom is -0.481 e. The largest absolute Gasteiger partial charge is 0.481 e. The summed E-state index contributed by atoms with van der Waals surface area (Å²) >= 11 is 8.46. The van der Waals surface area contributed by atoms with Crippen LogP contribution in [0.1, 0.15) is 196 Å². The number of rotatable bonds is 75. The fraction of sp³-hybridized carbons (Fsp3) is 0.695. The number of nitrogens with two attached hydrogens (primary N) is 11. The van der Waals surface area contributed by atoms with Crippen LogP contribution in [0.3, 0.4) is 0 Å². The summed E-state index contributed by atoms with van der Waals surface area (Å²) in [5.74, 6) is -31.0. The normalized spacial score (nSPS) is 14.9. The molecule has 0 unspecified atom stereocenters. The number of nitrogens with one attached hydrogen (secondary N) is 18. The number of aliphatic carboxylic acids is 2. The molecule has 0 aromatic carbocycles. The number of aliphatic hydroxyl groups excluding tert-OH is 1. The average molecular weight is 2030 g/mol. The Morgan fingerprint density at radius 2 is 0.579 bits per heavy atom. The van der Waals surface area contributed by atoms with Gasteiger partial charge >= 0.3 is 11.9 Å². The zero-order valence-electron chi connectivity index (χ0n) is 79.4. The standard InChI is InChI=1S/C82H145N29O27S2/c1-7-40(6)64(80(136)110-63(39(4)5)79(135)102-45(18-14-30-95-82(93)94)67(123)99-47(20-24-57(88)114)71(127)103-49(81(137)138)22-26-59(90)116)111-72(128)48(21-25-58(89)115)101-77(133)54(36-139)108-69(125)44(17-10-13-29-85)98-74(130)51(33-61(92)118)106-76(132)53(35-112)107-78(134)55(37-140)109-73(129)50(31-38(2)3)105-68(124)43(16-9-12-28-84)96-66(122)42(15-8-11-27-83)97-70(126)46(19-23-56(87)113)100-75(131)52(34-62(119)120)104-65(121)41(86)32-60(91)117/h38-55,63-64,112,139-140H,7-37,83-86H2,1-6H3,(H2,87,113)(H2,88,114)(H2,89,115)(H2,90,116)(H2,91,117)(H2,92,118)(H,96,122)(H,97,126)(H,98,130)(H,99,123)(H,100,131)(H,101,133)(H,102,135)(H,103,127)(H,104,121)(H,105,124)(H,106,132)(H,107,134)(H,108,125)(H,109,129)(H,110,136)(H,111,128)(H,119,120)(H,137,138)(H4,93,94,95)/t40-,41-,42-,43-,44-,45-,46-,47-,48-,49-,50-,51-,52-,53-,54-,55-,63-,64-/m0/s1. The van der Waals surface area contributed by atoms with Gasteiger partial charge in [0.05, 0.1) is 31.9 Å². The van der Waals surface area contributed by atoms with Crippen molar-refractivity contribution < 1.29 is 130 Å². The van der Waals surface area contributed by atoms with Crippen molar-refractivity contribution in [2.75, 3.05) is 44.3 Å².